The van der Waals surface area contributed by atoms with E-state index in [1.165, 1.54) is 6.07 Å². The fourth-order valence-corrected chi connectivity index (χ4v) is 3.68. The third-order valence-corrected chi connectivity index (χ3v) is 5.23. The van der Waals surface area contributed by atoms with Crippen molar-refractivity contribution in [1.29, 1.82) is 0 Å². The van der Waals surface area contributed by atoms with Gasteiger partial charge < -0.3 is 15.0 Å². The molecule has 1 aromatic heterocycles. The smallest absolute Gasteiger partial charge is 0.230 e. The number of carbonyl (C=O) groups is 1. The molecule has 1 aliphatic rings. The Balaban J connectivity index is 1.41. The highest BCUT2D eigenvalue weighted by Crippen LogP contribution is 2.37. The van der Waals surface area contributed by atoms with E-state index in [4.69, 9.17) is 4.74 Å². The lowest BCUT2D eigenvalue weighted by atomic mass is 9.73. The Hall–Kier alpha value is -3.48. The van der Waals surface area contributed by atoms with Gasteiger partial charge in [-0.25, -0.2) is 9.37 Å². The van der Waals surface area contributed by atoms with E-state index in [2.05, 4.69) is 15.3 Å². The number of rotatable bonds is 8. The zero-order valence-electron chi connectivity index (χ0n) is 16.5. The van der Waals surface area contributed by atoms with Crippen LogP contribution in [0.5, 0.6) is 5.75 Å². The number of nitrogens with one attached hydrogen (secondary N) is 1. The molecular formula is C23H23FN4O2. The molecule has 4 rings (SSSR count). The maximum absolute atomic E-state index is 14.3. The highest BCUT2D eigenvalue weighted by atomic mass is 19.1. The van der Waals surface area contributed by atoms with Gasteiger partial charge in [-0.15, -0.1) is 0 Å². The number of halogens is 1. The lowest BCUT2D eigenvalue weighted by Crippen LogP contribution is -2.65. The summed E-state index contributed by atoms with van der Waals surface area (Å²) in [6.07, 6.45) is 5.21. The molecule has 0 unspecified atom stereocenters. The summed E-state index contributed by atoms with van der Waals surface area (Å²) in [6, 6.07) is 16.0. The van der Waals surface area contributed by atoms with Gasteiger partial charge in [0.2, 0.25) is 5.91 Å². The molecule has 2 heterocycles. The van der Waals surface area contributed by atoms with Gasteiger partial charge in [0.1, 0.15) is 24.0 Å². The summed E-state index contributed by atoms with van der Waals surface area (Å²) in [5.74, 6) is 1.06. The van der Waals surface area contributed by atoms with Gasteiger partial charge in [-0.3, -0.25) is 9.78 Å². The van der Waals surface area contributed by atoms with Crippen LogP contribution >= 0.6 is 0 Å². The molecule has 6 nitrogen and oxygen atoms in total. The molecule has 0 saturated carbocycles. The first-order chi connectivity index (χ1) is 14.7. The summed E-state index contributed by atoms with van der Waals surface area (Å²) in [7, 11) is 0. The van der Waals surface area contributed by atoms with Gasteiger partial charge in [-0.1, -0.05) is 36.4 Å². The number of amides is 1. The Labute approximate surface area is 174 Å². The third-order valence-electron chi connectivity index (χ3n) is 5.23. The molecule has 1 saturated heterocycles. The van der Waals surface area contributed by atoms with Crippen LogP contribution in [0.1, 0.15) is 5.56 Å². The second-order valence-electron chi connectivity index (χ2n) is 7.39. The molecule has 1 fully saturated rings. The van der Waals surface area contributed by atoms with Crippen molar-refractivity contribution in [3.8, 4) is 5.75 Å². The number of para-hydroxylation sites is 1. The normalized spacial score (nSPS) is 14.6. The minimum atomic E-state index is -0.730. The molecule has 0 bridgehead atoms. The van der Waals surface area contributed by atoms with Crippen LogP contribution in [0.4, 0.5) is 10.2 Å². The Morgan fingerprint density at radius 3 is 2.60 bits per heavy atom. The van der Waals surface area contributed by atoms with E-state index in [9.17, 15) is 9.18 Å². The van der Waals surface area contributed by atoms with Crippen LogP contribution in [0.15, 0.2) is 73.2 Å². The van der Waals surface area contributed by atoms with E-state index in [0.29, 0.717) is 44.0 Å². The van der Waals surface area contributed by atoms with Crippen LogP contribution in [0.3, 0.4) is 0 Å². The van der Waals surface area contributed by atoms with Crippen molar-refractivity contribution in [2.75, 3.05) is 31.1 Å². The molecule has 1 N–H and O–H groups in total. The Bertz CT molecular complexity index is 979. The van der Waals surface area contributed by atoms with Crippen molar-refractivity contribution < 1.29 is 13.9 Å². The summed E-state index contributed by atoms with van der Waals surface area (Å²) >= 11 is 0. The monoisotopic (exact) mass is 406 g/mol. The number of hydrogen-bond acceptors (Lipinski definition) is 5. The number of hydrogen-bond donors (Lipinski definition) is 1. The first kappa shape index (κ1) is 19.8. The van der Waals surface area contributed by atoms with Crippen molar-refractivity contribution in [3.63, 3.8) is 0 Å². The number of nitrogens with zero attached hydrogens (tertiary/aromatic N) is 3. The van der Waals surface area contributed by atoms with E-state index in [0.717, 1.165) is 5.75 Å². The van der Waals surface area contributed by atoms with Crippen LogP contribution in [0.25, 0.3) is 0 Å². The Morgan fingerprint density at radius 2 is 1.87 bits per heavy atom. The van der Waals surface area contributed by atoms with Gasteiger partial charge in [0, 0.05) is 25.5 Å². The molecule has 1 amide bonds. The molecule has 7 heteroatoms. The minimum Gasteiger partial charge on any atom is -0.492 e. The third kappa shape index (κ3) is 4.40. The zero-order valence-corrected chi connectivity index (χ0v) is 16.5. The average molecular weight is 406 g/mol. The number of aromatic nitrogens is 2. The van der Waals surface area contributed by atoms with Crippen LogP contribution < -0.4 is 15.0 Å². The second kappa shape index (κ2) is 8.90. The highest BCUT2D eigenvalue weighted by molar-refractivity contribution is 5.86. The molecule has 0 spiro atoms. The molecule has 0 radical (unpaired) electrons. The summed E-state index contributed by atoms with van der Waals surface area (Å²) in [4.78, 5) is 23.5. The van der Waals surface area contributed by atoms with Crippen LogP contribution in [0.2, 0.25) is 0 Å². The van der Waals surface area contributed by atoms with Crippen LogP contribution in [-0.4, -0.2) is 42.1 Å². The van der Waals surface area contributed by atoms with Gasteiger partial charge in [0.25, 0.3) is 0 Å². The SMILES string of the molecule is O=C(NCCOc1ccccc1)C1(Cc2ccccc2F)CN(c2cnccn2)C1. The van der Waals surface area contributed by atoms with Gasteiger partial charge in [-0.05, 0) is 30.2 Å². The molecule has 30 heavy (non-hydrogen) atoms. The molecule has 2 aromatic carbocycles. The standard InChI is InChI=1S/C23H23FN4O2/c24-20-9-5-4-6-18(20)14-23(16-28(17-23)21-15-25-10-11-26-21)22(29)27-12-13-30-19-7-2-1-3-8-19/h1-11,15H,12-14,16-17H2,(H,27,29). The van der Waals surface area contributed by atoms with Crippen LogP contribution in [-0.2, 0) is 11.2 Å². The molecule has 3 aromatic rings. The predicted molar refractivity (Wildman–Crippen MR) is 112 cm³/mol. The number of anilines is 1. The zero-order chi connectivity index (χ0) is 20.8. The lowest BCUT2D eigenvalue weighted by molar-refractivity contribution is -0.132. The van der Waals surface area contributed by atoms with Gasteiger partial charge in [-0.2, -0.15) is 0 Å². The van der Waals surface area contributed by atoms with Crippen molar-refractivity contribution in [2.24, 2.45) is 5.41 Å². The maximum Gasteiger partial charge on any atom is 0.230 e. The number of carbonyl (C=O) groups excluding carboxylic acids is 1. The van der Waals surface area contributed by atoms with Gasteiger partial charge in [0.05, 0.1) is 18.2 Å². The topological polar surface area (TPSA) is 67.3 Å². The van der Waals surface area contributed by atoms with Crippen LogP contribution in [0, 0.1) is 11.2 Å². The van der Waals surface area contributed by atoms with E-state index >= 15 is 0 Å². The molecular weight excluding hydrogens is 383 g/mol. The second-order valence-corrected chi connectivity index (χ2v) is 7.39. The molecule has 0 atom stereocenters. The molecule has 154 valence electrons. The maximum atomic E-state index is 14.3. The number of benzene rings is 2. The van der Waals surface area contributed by atoms with Crippen molar-refractivity contribution in [2.45, 2.75) is 6.42 Å². The summed E-state index contributed by atoms with van der Waals surface area (Å²) in [5.41, 5.74) is -0.195. The lowest BCUT2D eigenvalue weighted by Gasteiger charge is -2.49. The fraction of sp³-hybridized carbons (Fsp3) is 0.261. The van der Waals surface area contributed by atoms with E-state index < -0.39 is 5.41 Å². The summed E-state index contributed by atoms with van der Waals surface area (Å²) in [5, 5.41) is 2.96. The Morgan fingerprint density at radius 1 is 1.10 bits per heavy atom. The molecule has 0 aliphatic carbocycles. The Kier molecular flexibility index (Phi) is 5.88. The predicted octanol–water partition coefficient (Wildman–Crippen LogP) is 2.86. The number of ether oxygens (including phenoxy) is 1. The first-order valence-corrected chi connectivity index (χ1v) is 9.87. The quantitative estimate of drug-likeness (QED) is 0.583. The van der Waals surface area contributed by atoms with E-state index in [1.54, 1.807) is 36.8 Å². The minimum absolute atomic E-state index is 0.109. The van der Waals surface area contributed by atoms with Crippen molar-refractivity contribution in [3.05, 3.63) is 84.6 Å². The fourth-order valence-electron chi connectivity index (χ4n) is 3.68. The average Bonchev–Trinajstić information content (AvgIpc) is 2.76. The summed E-state index contributed by atoms with van der Waals surface area (Å²) < 4.78 is 19.9. The van der Waals surface area contributed by atoms with Crippen molar-refractivity contribution in [1.82, 2.24) is 15.3 Å². The highest BCUT2D eigenvalue weighted by Gasteiger charge is 2.50. The van der Waals surface area contributed by atoms with Gasteiger partial charge in [0.15, 0.2) is 0 Å². The van der Waals surface area contributed by atoms with Crippen molar-refractivity contribution >= 4 is 11.7 Å². The largest absolute Gasteiger partial charge is 0.492 e. The van der Waals surface area contributed by atoms with Gasteiger partial charge >= 0.3 is 0 Å². The summed E-state index contributed by atoms with van der Waals surface area (Å²) in [6.45, 7) is 1.63. The molecule has 1 aliphatic heterocycles. The van der Waals surface area contributed by atoms with E-state index in [1.807, 2.05) is 35.2 Å². The van der Waals surface area contributed by atoms with E-state index in [-0.39, 0.29) is 11.7 Å². The first-order valence-electron chi connectivity index (χ1n) is 9.87.